The summed E-state index contributed by atoms with van der Waals surface area (Å²) >= 11 is 0. The van der Waals surface area contributed by atoms with Crippen LogP contribution in [-0.2, 0) is 13.2 Å². The molecule has 21 heavy (non-hydrogen) atoms. The first kappa shape index (κ1) is 13.6. The average molecular weight is 278 g/mol. The highest BCUT2D eigenvalue weighted by Crippen LogP contribution is 2.18. The van der Waals surface area contributed by atoms with Gasteiger partial charge in [-0.1, -0.05) is 30.3 Å². The van der Waals surface area contributed by atoms with Crippen molar-refractivity contribution >= 4 is 16.6 Å². The Hall–Kier alpha value is -2.39. The van der Waals surface area contributed by atoms with Gasteiger partial charge < -0.3 is 10.4 Å². The lowest BCUT2D eigenvalue weighted by Gasteiger charge is -2.11. The molecule has 0 aliphatic rings. The predicted octanol–water partition coefficient (Wildman–Crippen LogP) is 3.65. The quantitative estimate of drug-likeness (QED) is 0.765. The van der Waals surface area contributed by atoms with Crippen LogP contribution in [0.3, 0.4) is 0 Å². The monoisotopic (exact) mass is 278 g/mol. The highest BCUT2D eigenvalue weighted by molar-refractivity contribution is 5.79. The largest absolute Gasteiger partial charge is 0.392 e. The summed E-state index contributed by atoms with van der Waals surface area (Å²) in [6.45, 7) is 2.77. The number of benzene rings is 2. The van der Waals surface area contributed by atoms with Crippen molar-refractivity contribution in [2.24, 2.45) is 0 Å². The van der Waals surface area contributed by atoms with Crippen molar-refractivity contribution in [3.8, 4) is 0 Å². The van der Waals surface area contributed by atoms with Crippen molar-refractivity contribution in [2.45, 2.75) is 20.1 Å². The van der Waals surface area contributed by atoms with E-state index in [0.29, 0.717) is 0 Å². The van der Waals surface area contributed by atoms with Crippen LogP contribution in [0.15, 0.2) is 54.6 Å². The Labute approximate surface area is 124 Å². The Kier molecular flexibility index (Phi) is 3.84. The van der Waals surface area contributed by atoms with Crippen molar-refractivity contribution in [3.63, 3.8) is 0 Å². The Balaban J connectivity index is 1.80. The van der Waals surface area contributed by atoms with Gasteiger partial charge >= 0.3 is 0 Å². The Morgan fingerprint density at radius 2 is 1.90 bits per heavy atom. The smallest absolute Gasteiger partial charge is 0.0705 e. The number of nitrogens with one attached hydrogen (secondary N) is 1. The van der Waals surface area contributed by atoms with Gasteiger partial charge in [0.2, 0.25) is 0 Å². The zero-order chi connectivity index (χ0) is 14.7. The molecular weight excluding hydrogens is 260 g/mol. The summed E-state index contributed by atoms with van der Waals surface area (Å²) in [6.07, 6.45) is 0. The first-order chi connectivity index (χ1) is 10.3. The molecule has 1 aromatic heterocycles. The van der Waals surface area contributed by atoms with Gasteiger partial charge in [0, 0.05) is 28.9 Å². The van der Waals surface area contributed by atoms with E-state index in [-0.39, 0.29) is 6.61 Å². The summed E-state index contributed by atoms with van der Waals surface area (Å²) in [4.78, 5) is 4.51. The van der Waals surface area contributed by atoms with Crippen molar-refractivity contribution in [3.05, 3.63) is 71.4 Å². The topological polar surface area (TPSA) is 45.1 Å². The molecule has 3 nitrogen and oxygen atoms in total. The van der Waals surface area contributed by atoms with Gasteiger partial charge in [0.25, 0.3) is 0 Å². The summed E-state index contributed by atoms with van der Waals surface area (Å²) in [5.41, 5.74) is 5.14. The van der Waals surface area contributed by atoms with Gasteiger partial charge in [-0.25, -0.2) is 0 Å². The molecule has 0 aliphatic heterocycles. The molecule has 1 heterocycles. The molecule has 0 fully saturated rings. The maximum atomic E-state index is 9.33. The van der Waals surface area contributed by atoms with E-state index in [1.165, 1.54) is 5.56 Å². The van der Waals surface area contributed by atoms with Crippen LogP contribution < -0.4 is 5.32 Å². The van der Waals surface area contributed by atoms with Crippen molar-refractivity contribution in [1.82, 2.24) is 4.98 Å². The van der Waals surface area contributed by atoms with Crippen LogP contribution in [-0.4, -0.2) is 10.1 Å². The number of hydrogen-bond acceptors (Lipinski definition) is 3. The van der Waals surface area contributed by atoms with E-state index in [2.05, 4.69) is 34.6 Å². The molecule has 3 heteroatoms. The number of para-hydroxylation sites is 1. The first-order valence-electron chi connectivity index (χ1n) is 7.05. The van der Waals surface area contributed by atoms with Crippen LogP contribution >= 0.6 is 0 Å². The lowest BCUT2D eigenvalue weighted by Crippen LogP contribution is -2.02. The molecule has 0 unspecified atom stereocenters. The van der Waals surface area contributed by atoms with Crippen molar-refractivity contribution < 1.29 is 5.11 Å². The SMILES string of the molecule is Cc1ccc2cc(CNc3ccccc3CO)ccc2n1. The normalized spacial score (nSPS) is 10.8. The average Bonchev–Trinajstić information content (AvgIpc) is 2.53. The fraction of sp³-hybridized carbons (Fsp3) is 0.167. The molecule has 106 valence electrons. The highest BCUT2D eigenvalue weighted by atomic mass is 16.3. The van der Waals surface area contributed by atoms with Crippen LogP contribution in [0.5, 0.6) is 0 Å². The fourth-order valence-electron chi connectivity index (χ4n) is 2.41. The van der Waals surface area contributed by atoms with Crippen molar-refractivity contribution in [2.75, 3.05) is 5.32 Å². The molecule has 3 rings (SSSR count). The maximum Gasteiger partial charge on any atom is 0.0705 e. The van der Waals surface area contributed by atoms with Gasteiger partial charge in [0.05, 0.1) is 12.1 Å². The predicted molar refractivity (Wildman–Crippen MR) is 86.2 cm³/mol. The van der Waals surface area contributed by atoms with E-state index < -0.39 is 0 Å². The van der Waals surface area contributed by atoms with E-state index in [4.69, 9.17) is 0 Å². The molecular formula is C18H18N2O. The number of aromatic nitrogens is 1. The van der Waals surface area contributed by atoms with E-state index in [9.17, 15) is 5.11 Å². The van der Waals surface area contributed by atoms with Crippen LogP contribution in [0.4, 0.5) is 5.69 Å². The highest BCUT2D eigenvalue weighted by Gasteiger charge is 2.02. The van der Waals surface area contributed by atoms with Gasteiger partial charge in [-0.15, -0.1) is 0 Å². The number of fused-ring (bicyclic) bond motifs is 1. The second kappa shape index (κ2) is 5.94. The van der Waals surface area contributed by atoms with Crippen LogP contribution in [0.2, 0.25) is 0 Å². The van der Waals surface area contributed by atoms with E-state index in [1.807, 2.05) is 37.3 Å². The van der Waals surface area contributed by atoms with Gasteiger partial charge in [0.15, 0.2) is 0 Å². The van der Waals surface area contributed by atoms with Crippen molar-refractivity contribution in [1.29, 1.82) is 0 Å². The number of nitrogens with zero attached hydrogens (tertiary/aromatic N) is 1. The fourth-order valence-corrected chi connectivity index (χ4v) is 2.41. The second-order valence-corrected chi connectivity index (χ2v) is 5.15. The number of pyridine rings is 1. The zero-order valence-electron chi connectivity index (χ0n) is 12.0. The van der Waals surface area contributed by atoms with Crippen LogP contribution in [0.1, 0.15) is 16.8 Å². The molecule has 0 saturated carbocycles. The lowest BCUT2D eigenvalue weighted by atomic mass is 10.1. The van der Waals surface area contributed by atoms with E-state index in [0.717, 1.165) is 34.4 Å². The minimum atomic E-state index is 0.0457. The number of aryl methyl sites for hydroxylation is 1. The number of aliphatic hydroxyl groups excluding tert-OH is 1. The molecule has 0 atom stereocenters. The number of rotatable bonds is 4. The molecule has 0 bridgehead atoms. The molecule has 0 spiro atoms. The first-order valence-corrected chi connectivity index (χ1v) is 7.05. The summed E-state index contributed by atoms with van der Waals surface area (Å²) in [5.74, 6) is 0. The van der Waals surface area contributed by atoms with E-state index in [1.54, 1.807) is 0 Å². The minimum absolute atomic E-state index is 0.0457. The molecule has 0 amide bonds. The lowest BCUT2D eigenvalue weighted by molar-refractivity contribution is 0.282. The number of hydrogen-bond donors (Lipinski definition) is 2. The summed E-state index contributed by atoms with van der Waals surface area (Å²) < 4.78 is 0. The zero-order valence-corrected chi connectivity index (χ0v) is 12.0. The van der Waals surface area contributed by atoms with Gasteiger partial charge in [-0.2, -0.15) is 0 Å². The summed E-state index contributed by atoms with van der Waals surface area (Å²) in [6, 6.07) is 18.2. The molecule has 2 aromatic carbocycles. The Bertz CT molecular complexity index is 768. The Morgan fingerprint density at radius 1 is 1.05 bits per heavy atom. The van der Waals surface area contributed by atoms with Gasteiger partial charge in [-0.3, -0.25) is 4.98 Å². The van der Waals surface area contributed by atoms with Crippen LogP contribution in [0, 0.1) is 6.92 Å². The summed E-state index contributed by atoms with van der Waals surface area (Å²) in [7, 11) is 0. The third-order valence-corrected chi connectivity index (χ3v) is 3.56. The molecule has 2 N–H and O–H groups in total. The van der Waals surface area contributed by atoms with Gasteiger partial charge in [0.1, 0.15) is 0 Å². The van der Waals surface area contributed by atoms with Gasteiger partial charge in [-0.05, 0) is 36.8 Å². The molecule has 0 radical (unpaired) electrons. The number of anilines is 1. The third-order valence-electron chi connectivity index (χ3n) is 3.56. The second-order valence-electron chi connectivity index (χ2n) is 5.15. The van der Waals surface area contributed by atoms with Crippen LogP contribution in [0.25, 0.3) is 10.9 Å². The maximum absolute atomic E-state index is 9.33. The standard InChI is InChI=1S/C18H18N2O/c1-13-6-8-15-10-14(7-9-18(15)20-13)11-19-17-5-3-2-4-16(17)12-21/h2-10,19,21H,11-12H2,1H3. The molecule has 3 aromatic rings. The number of aliphatic hydroxyl groups is 1. The molecule has 0 saturated heterocycles. The summed E-state index contributed by atoms with van der Waals surface area (Å²) in [5, 5.41) is 13.9. The van der Waals surface area contributed by atoms with E-state index >= 15 is 0 Å². The third kappa shape index (κ3) is 3.03. The Morgan fingerprint density at radius 3 is 2.76 bits per heavy atom. The minimum Gasteiger partial charge on any atom is -0.392 e. The molecule has 0 aliphatic carbocycles.